The second kappa shape index (κ2) is 9.52. The topological polar surface area (TPSA) is 41.1 Å². The first-order chi connectivity index (χ1) is 10.5. The van der Waals surface area contributed by atoms with Crippen LogP contribution < -0.4 is 10.6 Å². The van der Waals surface area contributed by atoms with Crippen LogP contribution in [-0.2, 0) is 4.79 Å². The third kappa shape index (κ3) is 5.38. The molecule has 2 atom stereocenters. The molecule has 1 rings (SSSR count). The van der Waals surface area contributed by atoms with Gasteiger partial charge in [0.05, 0.1) is 10.7 Å². The Hall–Kier alpha value is -1.48. The molecule has 0 saturated carbocycles. The van der Waals surface area contributed by atoms with Crippen LogP contribution in [0.4, 0.5) is 11.4 Å². The van der Waals surface area contributed by atoms with Gasteiger partial charge in [0.25, 0.3) is 0 Å². The van der Waals surface area contributed by atoms with E-state index in [9.17, 15) is 4.79 Å². The molecule has 2 unspecified atom stereocenters. The molecule has 1 aromatic rings. The summed E-state index contributed by atoms with van der Waals surface area (Å²) in [5.41, 5.74) is 1.84. The van der Waals surface area contributed by atoms with Gasteiger partial charge < -0.3 is 10.6 Å². The minimum Gasteiger partial charge on any atom is -0.387 e. The van der Waals surface area contributed by atoms with Gasteiger partial charge in [-0.1, -0.05) is 31.5 Å². The number of nitrogens with one attached hydrogen (secondary N) is 2. The van der Waals surface area contributed by atoms with Gasteiger partial charge in [0.1, 0.15) is 5.78 Å². The highest BCUT2D eigenvalue weighted by Gasteiger charge is 2.19. The minimum atomic E-state index is 0.0867. The number of hydrogen-bond donors (Lipinski definition) is 2. The van der Waals surface area contributed by atoms with Crippen molar-refractivity contribution < 1.29 is 4.79 Å². The van der Waals surface area contributed by atoms with Gasteiger partial charge in [0, 0.05) is 31.1 Å². The Morgan fingerprint density at radius 3 is 2.59 bits per heavy atom. The van der Waals surface area contributed by atoms with Crippen LogP contribution in [0.25, 0.3) is 0 Å². The predicted molar refractivity (Wildman–Crippen MR) is 96.9 cm³/mol. The standard InChI is InChI=1S/C18H27ClN2O/c1-5-8-13(6-2)18(22)12-14(7-3)21-15-9-10-17(20-4)16(19)11-15/h5,9-11,13-14,20-21H,1,6-8,12H2,2-4H3. The lowest BCUT2D eigenvalue weighted by molar-refractivity contribution is -0.123. The van der Waals surface area contributed by atoms with Gasteiger partial charge >= 0.3 is 0 Å². The molecular weight excluding hydrogens is 296 g/mol. The number of allylic oxidation sites excluding steroid dienone is 1. The molecule has 0 aromatic heterocycles. The van der Waals surface area contributed by atoms with Gasteiger partial charge in [-0.2, -0.15) is 0 Å². The fraction of sp³-hybridized carbons (Fsp3) is 0.500. The molecule has 0 fully saturated rings. The first-order valence-electron chi connectivity index (χ1n) is 7.93. The summed E-state index contributed by atoms with van der Waals surface area (Å²) in [6, 6.07) is 5.93. The first-order valence-corrected chi connectivity index (χ1v) is 8.30. The molecule has 22 heavy (non-hydrogen) atoms. The predicted octanol–water partition coefficient (Wildman–Crippen LogP) is 5.13. The SMILES string of the molecule is C=CCC(CC)C(=O)CC(CC)Nc1ccc(NC)c(Cl)c1. The van der Waals surface area contributed by atoms with Gasteiger partial charge in [0.2, 0.25) is 0 Å². The van der Waals surface area contributed by atoms with Crippen molar-refractivity contribution in [3.05, 3.63) is 35.9 Å². The van der Waals surface area contributed by atoms with E-state index in [1.54, 1.807) is 0 Å². The molecule has 0 aliphatic carbocycles. The molecule has 2 N–H and O–H groups in total. The molecule has 0 spiro atoms. The van der Waals surface area contributed by atoms with Gasteiger partial charge in [-0.3, -0.25) is 4.79 Å². The summed E-state index contributed by atoms with van der Waals surface area (Å²) in [4.78, 5) is 12.4. The summed E-state index contributed by atoms with van der Waals surface area (Å²) in [5.74, 6) is 0.392. The maximum atomic E-state index is 12.4. The Bertz CT molecular complexity index is 502. The average molecular weight is 323 g/mol. The number of ketones is 1. The zero-order valence-corrected chi connectivity index (χ0v) is 14.5. The molecule has 0 radical (unpaired) electrons. The van der Waals surface area contributed by atoms with E-state index in [0.29, 0.717) is 17.2 Å². The van der Waals surface area contributed by atoms with Crippen molar-refractivity contribution in [3.8, 4) is 0 Å². The molecule has 1 aromatic carbocycles. The van der Waals surface area contributed by atoms with Crippen LogP contribution in [0.5, 0.6) is 0 Å². The van der Waals surface area contributed by atoms with Gasteiger partial charge in [-0.25, -0.2) is 0 Å². The third-order valence-electron chi connectivity index (χ3n) is 3.95. The van der Waals surface area contributed by atoms with Crippen molar-refractivity contribution in [2.45, 2.75) is 45.6 Å². The average Bonchev–Trinajstić information content (AvgIpc) is 2.51. The van der Waals surface area contributed by atoms with Crippen LogP contribution in [0.3, 0.4) is 0 Å². The normalized spacial score (nSPS) is 13.3. The van der Waals surface area contributed by atoms with Crippen LogP contribution in [0.1, 0.15) is 39.5 Å². The maximum Gasteiger partial charge on any atom is 0.138 e. The summed E-state index contributed by atoms with van der Waals surface area (Å²) < 4.78 is 0. The van der Waals surface area contributed by atoms with Crippen molar-refractivity contribution in [1.82, 2.24) is 0 Å². The molecular formula is C18H27ClN2O. The second-order valence-electron chi connectivity index (χ2n) is 5.49. The monoisotopic (exact) mass is 322 g/mol. The lowest BCUT2D eigenvalue weighted by Gasteiger charge is -2.21. The smallest absolute Gasteiger partial charge is 0.138 e. The number of halogens is 1. The van der Waals surface area contributed by atoms with E-state index < -0.39 is 0 Å². The lowest BCUT2D eigenvalue weighted by Crippen LogP contribution is -2.26. The van der Waals surface area contributed by atoms with E-state index >= 15 is 0 Å². The highest BCUT2D eigenvalue weighted by molar-refractivity contribution is 6.33. The minimum absolute atomic E-state index is 0.0867. The van der Waals surface area contributed by atoms with Crippen LogP contribution in [0.15, 0.2) is 30.9 Å². The van der Waals surface area contributed by atoms with Gasteiger partial charge in [-0.15, -0.1) is 6.58 Å². The molecule has 0 aliphatic heterocycles. The van der Waals surface area contributed by atoms with Crippen molar-refractivity contribution in [3.63, 3.8) is 0 Å². The molecule has 4 heteroatoms. The Morgan fingerprint density at radius 1 is 1.36 bits per heavy atom. The van der Waals surface area contributed by atoms with E-state index in [1.807, 2.05) is 31.3 Å². The first kappa shape index (κ1) is 18.6. The fourth-order valence-corrected chi connectivity index (χ4v) is 2.75. The zero-order valence-electron chi connectivity index (χ0n) is 13.8. The fourth-order valence-electron chi connectivity index (χ4n) is 2.48. The molecule has 0 saturated heterocycles. The Morgan fingerprint density at radius 2 is 2.09 bits per heavy atom. The Labute approximate surface area is 139 Å². The zero-order chi connectivity index (χ0) is 16.5. The Kier molecular flexibility index (Phi) is 8.03. The molecule has 3 nitrogen and oxygen atoms in total. The third-order valence-corrected chi connectivity index (χ3v) is 4.26. The van der Waals surface area contributed by atoms with Crippen LogP contribution in [0, 0.1) is 5.92 Å². The maximum absolute atomic E-state index is 12.4. The number of benzene rings is 1. The summed E-state index contributed by atoms with van der Waals surface area (Å²) >= 11 is 6.20. The quantitative estimate of drug-likeness (QED) is 0.586. The van der Waals surface area contributed by atoms with Crippen molar-refractivity contribution in [2.24, 2.45) is 5.92 Å². The summed E-state index contributed by atoms with van der Waals surface area (Å²) in [5, 5.41) is 7.12. The molecule has 0 bridgehead atoms. The summed E-state index contributed by atoms with van der Waals surface area (Å²) in [6.07, 6.45) is 4.88. The van der Waals surface area contributed by atoms with E-state index in [2.05, 4.69) is 31.1 Å². The van der Waals surface area contributed by atoms with E-state index in [0.717, 1.165) is 30.6 Å². The number of hydrogen-bond acceptors (Lipinski definition) is 3. The highest BCUT2D eigenvalue weighted by atomic mass is 35.5. The molecule has 122 valence electrons. The summed E-state index contributed by atoms with van der Waals surface area (Å²) in [7, 11) is 1.84. The van der Waals surface area contributed by atoms with E-state index in [-0.39, 0.29) is 12.0 Å². The lowest BCUT2D eigenvalue weighted by atomic mass is 9.92. The highest BCUT2D eigenvalue weighted by Crippen LogP contribution is 2.26. The van der Waals surface area contributed by atoms with Crippen LogP contribution >= 0.6 is 11.6 Å². The number of anilines is 2. The van der Waals surface area contributed by atoms with Crippen molar-refractivity contribution in [1.29, 1.82) is 0 Å². The Balaban J connectivity index is 2.70. The molecule has 0 amide bonds. The van der Waals surface area contributed by atoms with Crippen molar-refractivity contribution in [2.75, 3.05) is 17.7 Å². The van der Waals surface area contributed by atoms with Gasteiger partial charge in [-0.05, 0) is 37.5 Å². The number of rotatable bonds is 10. The second-order valence-corrected chi connectivity index (χ2v) is 5.90. The largest absolute Gasteiger partial charge is 0.387 e. The number of Topliss-reactive ketones (excluding diaryl/α,β-unsaturated/α-hetero) is 1. The van der Waals surface area contributed by atoms with Crippen LogP contribution in [-0.4, -0.2) is 18.9 Å². The summed E-state index contributed by atoms with van der Waals surface area (Å²) in [6.45, 7) is 7.87. The van der Waals surface area contributed by atoms with Gasteiger partial charge in [0.15, 0.2) is 0 Å². The van der Waals surface area contributed by atoms with E-state index in [4.69, 9.17) is 11.6 Å². The van der Waals surface area contributed by atoms with Crippen LogP contribution in [0.2, 0.25) is 5.02 Å². The van der Waals surface area contributed by atoms with E-state index in [1.165, 1.54) is 0 Å². The van der Waals surface area contributed by atoms with Crippen molar-refractivity contribution >= 4 is 28.8 Å². The molecule has 0 heterocycles. The number of carbonyl (C=O) groups excluding carboxylic acids is 1. The number of carbonyl (C=O) groups is 1. The molecule has 0 aliphatic rings.